The van der Waals surface area contributed by atoms with Gasteiger partial charge in [0.15, 0.2) is 0 Å². The van der Waals surface area contributed by atoms with Crippen LogP contribution in [0.2, 0.25) is 0 Å². The lowest BCUT2D eigenvalue weighted by Gasteiger charge is -2.03. The topological polar surface area (TPSA) is 138 Å². The maximum atomic E-state index is 11.1. The number of carbonyl (C=O) groups is 1. The van der Waals surface area contributed by atoms with Crippen LogP contribution in [0.15, 0.2) is 34.3 Å². The van der Waals surface area contributed by atoms with Crippen molar-refractivity contribution in [1.29, 1.82) is 0 Å². The largest absolute Gasteiger partial charge is 0.326 e. The van der Waals surface area contributed by atoms with E-state index in [0.29, 0.717) is 5.69 Å². The summed E-state index contributed by atoms with van der Waals surface area (Å²) in [6.45, 7) is -0.326. The van der Waals surface area contributed by atoms with Gasteiger partial charge in [-0.3, -0.25) is 4.79 Å². The highest BCUT2D eigenvalue weighted by atomic mass is 32.2. The minimum absolute atomic E-state index is 0.0504. The first kappa shape index (κ1) is 13.0. The minimum atomic E-state index is -3.74. The van der Waals surface area contributed by atoms with Crippen molar-refractivity contribution in [2.75, 3.05) is 11.9 Å². The molecule has 90 valence electrons. The van der Waals surface area contributed by atoms with Crippen LogP contribution in [-0.4, -0.2) is 20.9 Å². The zero-order valence-corrected chi connectivity index (χ0v) is 9.38. The highest BCUT2D eigenvalue weighted by Crippen LogP contribution is 2.12. The Morgan fingerprint density at radius 3 is 2.47 bits per heavy atom. The zero-order valence-electron chi connectivity index (χ0n) is 8.57. The van der Waals surface area contributed by atoms with Crippen LogP contribution in [0.4, 0.5) is 5.69 Å². The Hall–Kier alpha value is -2.09. The van der Waals surface area contributed by atoms with Gasteiger partial charge in [-0.2, -0.15) is 0 Å². The second-order valence-electron chi connectivity index (χ2n) is 3.01. The van der Waals surface area contributed by atoms with Crippen molar-refractivity contribution >= 4 is 21.6 Å². The third-order valence-electron chi connectivity index (χ3n) is 1.74. The zero-order chi connectivity index (χ0) is 12.9. The van der Waals surface area contributed by atoms with Crippen LogP contribution in [0.25, 0.3) is 10.4 Å². The van der Waals surface area contributed by atoms with Gasteiger partial charge in [-0.05, 0) is 29.8 Å². The molecular formula is C8H9N5O3S. The first-order valence-corrected chi connectivity index (χ1v) is 5.91. The molecule has 0 aliphatic carbocycles. The normalized spacial score (nSPS) is 10.4. The molecule has 0 spiro atoms. The third kappa shape index (κ3) is 4.11. The van der Waals surface area contributed by atoms with E-state index < -0.39 is 15.9 Å². The van der Waals surface area contributed by atoms with Crippen LogP contribution in [0.1, 0.15) is 0 Å². The van der Waals surface area contributed by atoms with Gasteiger partial charge in [0.25, 0.3) is 0 Å². The Balaban J connectivity index is 2.75. The van der Waals surface area contributed by atoms with Crippen molar-refractivity contribution in [3.63, 3.8) is 0 Å². The molecule has 0 aromatic heterocycles. The van der Waals surface area contributed by atoms with E-state index in [2.05, 4.69) is 15.3 Å². The number of amides is 1. The molecule has 1 amide bonds. The van der Waals surface area contributed by atoms with Gasteiger partial charge < -0.3 is 5.32 Å². The second kappa shape index (κ2) is 5.30. The fourth-order valence-electron chi connectivity index (χ4n) is 1.02. The summed E-state index contributed by atoms with van der Waals surface area (Å²) in [7, 11) is -3.74. The standard InChI is InChI=1S/C8H9N5O3S/c9-13-11-5-8(14)12-6-1-3-7(4-2-6)17(10,15)16/h1-4H,5H2,(H,12,14)(H2,10,15,16). The highest BCUT2D eigenvalue weighted by Gasteiger charge is 2.07. The van der Waals surface area contributed by atoms with Gasteiger partial charge in [-0.25, -0.2) is 13.6 Å². The smallest absolute Gasteiger partial charge is 0.238 e. The SMILES string of the molecule is [N-]=[N+]=NCC(=O)Nc1ccc(S(N)(=O)=O)cc1. The average molecular weight is 255 g/mol. The average Bonchev–Trinajstić information content (AvgIpc) is 2.26. The Bertz CT molecular complexity index is 559. The van der Waals surface area contributed by atoms with Gasteiger partial charge in [-0.1, -0.05) is 5.11 Å². The molecule has 9 heteroatoms. The third-order valence-corrected chi connectivity index (χ3v) is 2.67. The number of primary sulfonamides is 1. The molecule has 0 heterocycles. The number of benzene rings is 1. The number of hydrogen-bond acceptors (Lipinski definition) is 4. The van der Waals surface area contributed by atoms with E-state index in [-0.39, 0.29) is 11.4 Å². The van der Waals surface area contributed by atoms with E-state index in [9.17, 15) is 13.2 Å². The number of carbonyl (C=O) groups excluding carboxylic acids is 1. The van der Waals surface area contributed by atoms with Crippen molar-refractivity contribution < 1.29 is 13.2 Å². The number of nitrogens with zero attached hydrogens (tertiary/aromatic N) is 3. The first-order chi connectivity index (χ1) is 7.93. The number of hydrogen-bond donors (Lipinski definition) is 2. The maximum Gasteiger partial charge on any atom is 0.238 e. The summed E-state index contributed by atoms with van der Waals surface area (Å²) < 4.78 is 21.9. The lowest BCUT2D eigenvalue weighted by atomic mass is 10.3. The molecule has 0 radical (unpaired) electrons. The Morgan fingerprint density at radius 2 is 2.00 bits per heavy atom. The molecule has 0 atom stereocenters. The van der Waals surface area contributed by atoms with Gasteiger partial charge >= 0.3 is 0 Å². The number of rotatable bonds is 4. The number of anilines is 1. The van der Waals surface area contributed by atoms with E-state index in [0.717, 1.165) is 0 Å². The molecule has 0 aliphatic rings. The summed E-state index contributed by atoms with van der Waals surface area (Å²) in [6, 6.07) is 5.29. The summed E-state index contributed by atoms with van der Waals surface area (Å²) in [5.41, 5.74) is 8.39. The van der Waals surface area contributed by atoms with Crippen LogP contribution in [0, 0.1) is 0 Å². The van der Waals surface area contributed by atoms with Crippen LogP contribution in [-0.2, 0) is 14.8 Å². The van der Waals surface area contributed by atoms with E-state index in [1.807, 2.05) is 0 Å². The first-order valence-electron chi connectivity index (χ1n) is 4.37. The van der Waals surface area contributed by atoms with Gasteiger partial charge in [0.05, 0.1) is 4.90 Å². The number of sulfonamides is 1. The Labute approximate surface area is 97.1 Å². The van der Waals surface area contributed by atoms with Crippen LogP contribution >= 0.6 is 0 Å². The number of nitrogens with two attached hydrogens (primary N) is 1. The van der Waals surface area contributed by atoms with Crippen LogP contribution in [0.5, 0.6) is 0 Å². The van der Waals surface area contributed by atoms with Crippen LogP contribution in [0.3, 0.4) is 0 Å². The molecular weight excluding hydrogens is 246 g/mol. The lowest BCUT2D eigenvalue weighted by Crippen LogP contribution is -2.15. The Morgan fingerprint density at radius 1 is 1.41 bits per heavy atom. The van der Waals surface area contributed by atoms with Crippen molar-refractivity contribution in [3.8, 4) is 0 Å². The van der Waals surface area contributed by atoms with Crippen molar-refractivity contribution in [3.05, 3.63) is 34.7 Å². The molecule has 0 aliphatic heterocycles. The van der Waals surface area contributed by atoms with Gasteiger partial charge in [0, 0.05) is 10.6 Å². The monoisotopic (exact) mass is 255 g/mol. The highest BCUT2D eigenvalue weighted by molar-refractivity contribution is 7.89. The second-order valence-corrected chi connectivity index (χ2v) is 4.57. The molecule has 0 bridgehead atoms. The summed E-state index contributed by atoms with van der Waals surface area (Å²) in [6.07, 6.45) is 0. The summed E-state index contributed by atoms with van der Waals surface area (Å²) >= 11 is 0. The molecule has 17 heavy (non-hydrogen) atoms. The summed E-state index contributed by atoms with van der Waals surface area (Å²) in [4.78, 5) is 13.5. The molecule has 1 rings (SSSR count). The lowest BCUT2D eigenvalue weighted by molar-refractivity contribution is -0.114. The summed E-state index contributed by atoms with van der Waals surface area (Å²) in [5.74, 6) is -0.494. The van der Waals surface area contributed by atoms with E-state index in [4.69, 9.17) is 10.7 Å². The summed E-state index contributed by atoms with van der Waals surface area (Å²) in [5, 5.41) is 10.4. The number of azide groups is 1. The fourth-order valence-corrected chi connectivity index (χ4v) is 1.54. The van der Waals surface area contributed by atoms with Gasteiger partial charge in [-0.15, -0.1) is 0 Å². The van der Waals surface area contributed by atoms with E-state index >= 15 is 0 Å². The molecule has 0 fully saturated rings. The Kier molecular flexibility index (Phi) is 4.05. The van der Waals surface area contributed by atoms with Crippen LogP contribution < -0.4 is 10.5 Å². The van der Waals surface area contributed by atoms with Crippen molar-refractivity contribution in [1.82, 2.24) is 0 Å². The molecule has 0 saturated carbocycles. The maximum absolute atomic E-state index is 11.1. The number of nitrogens with one attached hydrogen (secondary N) is 1. The fraction of sp³-hybridized carbons (Fsp3) is 0.125. The van der Waals surface area contributed by atoms with Gasteiger partial charge in [0.2, 0.25) is 15.9 Å². The molecule has 1 aromatic carbocycles. The molecule has 8 nitrogen and oxygen atoms in total. The van der Waals surface area contributed by atoms with E-state index in [1.165, 1.54) is 24.3 Å². The minimum Gasteiger partial charge on any atom is -0.326 e. The van der Waals surface area contributed by atoms with Gasteiger partial charge in [0.1, 0.15) is 6.54 Å². The predicted molar refractivity (Wildman–Crippen MR) is 60.5 cm³/mol. The van der Waals surface area contributed by atoms with Crippen molar-refractivity contribution in [2.45, 2.75) is 4.90 Å². The molecule has 3 N–H and O–H groups in total. The van der Waals surface area contributed by atoms with E-state index in [1.54, 1.807) is 0 Å². The molecule has 1 aromatic rings. The molecule has 0 saturated heterocycles. The van der Waals surface area contributed by atoms with Crippen molar-refractivity contribution in [2.24, 2.45) is 10.3 Å². The quantitative estimate of drug-likeness (QED) is 0.462. The molecule has 0 unspecified atom stereocenters. The predicted octanol–water partition coefficient (Wildman–Crippen LogP) is 0.583.